The van der Waals surface area contributed by atoms with Crippen molar-refractivity contribution in [3.8, 4) is 0 Å². The first kappa shape index (κ1) is 16.2. The summed E-state index contributed by atoms with van der Waals surface area (Å²) in [6.07, 6.45) is 5.73. The van der Waals surface area contributed by atoms with E-state index in [2.05, 4.69) is 19.2 Å². The molecule has 2 aliphatic rings. The van der Waals surface area contributed by atoms with Crippen LogP contribution in [0, 0.1) is 5.92 Å². The molecule has 20 heavy (non-hydrogen) atoms. The van der Waals surface area contributed by atoms with Crippen LogP contribution in [0.4, 0.5) is 0 Å². The monoisotopic (exact) mass is 303 g/mol. The molecule has 0 bridgehead atoms. The summed E-state index contributed by atoms with van der Waals surface area (Å²) in [5, 5.41) is 2.92. The Balaban J connectivity index is 2.08. The van der Waals surface area contributed by atoms with Gasteiger partial charge in [-0.25, -0.2) is 8.42 Å². The highest BCUT2D eigenvalue weighted by atomic mass is 32.2. The average Bonchev–Trinajstić information content (AvgIpc) is 2.45. The standard InChI is InChI=1S/C15H29NO3S/c1-3-8-16-14-7-9-19-11-15(14)20(17,18)13-6-4-5-12(2)10-13/h12-16H,3-11H2,1-2H3. The lowest BCUT2D eigenvalue weighted by molar-refractivity contribution is 0.0803. The molecule has 0 amide bonds. The van der Waals surface area contributed by atoms with Crippen LogP contribution in [0.15, 0.2) is 0 Å². The molecule has 0 aromatic rings. The van der Waals surface area contributed by atoms with Gasteiger partial charge >= 0.3 is 0 Å². The first-order valence-corrected chi connectivity index (χ1v) is 9.70. The van der Waals surface area contributed by atoms with Crippen molar-refractivity contribution >= 4 is 9.84 Å². The van der Waals surface area contributed by atoms with Crippen LogP contribution in [0.5, 0.6) is 0 Å². The molecule has 1 N–H and O–H groups in total. The van der Waals surface area contributed by atoms with E-state index >= 15 is 0 Å². The van der Waals surface area contributed by atoms with Crippen molar-refractivity contribution in [2.75, 3.05) is 19.8 Å². The van der Waals surface area contributed by atoms with Crippen LogP contribution < -0.4 is 5.32 Å². The van der Waals surface area contributed by atoms with Gasteiger partial charge in [0.2, 0.25) is 0 Å². The van der Waals surface area contributed by atoms with Gasteiger partial charge in [0.1, 0.15) is 5.25 Å². The summed E-state index contributed by atoms with van der Waals surface area (Å²) in [7, 11) is -3.09. The van der Waals surface area contributed by atoms with Gasteiger partial charge in [-0.15, -0.1) is 0 Å². The maximum Gasteiger partial charge on any atom is 0.159 e. The first-order valence-electron chi connectivity index (χ1n) is 8.09. The van der Waals surface area contributed by atoms with Crippen LogP contribution >= 0.6 is 0 Å². The molecule has 1 saturated carbocycles. The van der Waals surface area contributed by atoms with Gasteiger partial charge in [-0.1, -0.05) is 26.7 Å². The predicted molar refractivity (Wildman–Crippen MR) is 81.6 cm³/mol. The lowest BCUT2D eigenvalue weighted by Gasteiger charge is -2.36. The second-order valence-corrected chi connectivity index (χ2v) is 8.90. The lowest BCUT2D eigenvalue weighted by Crippen LogP contribution is -2.53. The van der Waals surface area contributed by atoms with Crippen LogP contribution in [-0.4, -0.2) is 44.7 Å². The fraction of sp³-hybridized carbons (Fsp3) is 1.00. The molecular formula is C15H29NO3S. The maximum absolute atomic E-state index is 12.9. The van der Waals surface area contributed by atoms with Crippen LogP contribution in [0.3, 0.4) is 0 Å². The fourth-order valence-corrected chi connectivity index (χ4v) is 6.09. The molecule has 4 unspecified atom stereocenters. The molecule has 2 fully saturated rings. The van der Waals surface area contributed by atoms with Gasteiger partial charge in [0.25, 0.3) is 0 Å². The van der Waals surface area contributed by atoms with E-state index in [9.17, 15) is 8.42 Å². The molecule has 4 atom stereocenters. The Bertz CT molecular complexity index is 396. The number of hydrogen-bond acceptors (Lipinski definition) is 4. The highest BCUT2D eigenvalue weighted by Crippen LogP contribution is 2.32. The van der Waals surface area contributed by atoms with Crippen molar-refractivity contribution in [2.45, 2.75) is 68.9 Å². The molecule has 2 rings (SSSR count). The largest absolute Gasteiger partial charge is 0.380 e. The normalized spacial score (nSPS) is 35.9. The lowest BCUT2D eigenvalue weighted by atomic mass is 9.90. The topological polar surface area (TPSA) is 55.4 Å². The van der Waals surface area contributed by atoms with Crippen molar-refractivity contribution in [1.82, 2.24) is 5.32 Å². The number of nitrogens with one attached hydrogen (secondary N) is 1. The van der Waals surface area contributed by atoms with Crippen LogP contribution in [-0.2, 0) is 14.6 Å². The summed E-state index contributed by atoms with van der Waals surface area (Å²) in [5.41, 5.74) is 0. The van der Waals surface area contributed by atoms with E-state index in [1.165, 1.54) is 6.42 Å². The second kappa shape index (κ2) is 7.23. The zero-order chi connectivity index (χ0) is 14.6. The highest BCUT2D eigenvalue weighted by Gasteiger charge is 2.41. The zero-order valence-corrected chi connectivity index (χ0v) is 13.6. The minimum absolute atomic E-state index is 0.0749. The summed E-state index contributed by atoms with van der Waals surface area (Å²) in [6.45, 7) is 6.21. The first-order chi connectivity index (χ1) is 9.55. The summed E-state index contributed by atoms with van der Waals surface area (Å²) in [5.74, 6) is 0.537. The van der Waals surface area contributed by atoms with Gasteiger partial charge in [-0.2, -0.15) is 0 Å². The minimum Gasteiger partial charge on any atom is -0.380 e. The van der Waals surface area contributed by atoms with E-state index in [4.69, 9.17) is 4.74 Å². The van der Waals surface area contributed by atoms with Crippen LogP contribution in [0.25, 0.3) is 0 Å². The van der Waals surface area contributed by atoms with Gasteiger partial charge in [0, 0.05) is 12.6 Å². The van der Waals surface area contributed by atoms with E-state index in [0.717, 1.165) is 38.6 Å². The highest BCUT2D eigenvalue weighted by molar-refractivity contribution is 7.92. The van der Waals surface area contributed by atoms with Crippen molar-refractivity contribution in [1.29, 1.82) is 0 Å². The number of hydrogen-bond donors (Lipinski definition) is 1. The summed E-state index contributed by atoms with van der Waals surface area (Å²) in [4.78, 5) is 0. The van der Waals surface area contributed by atoms with E-state index in [1.807, 2.05) is 0 Å². The Labute approximate surface area is 123 Å². The SMILES string of the molecule is CCCNC1CCOCC1S(=O)(=O)C1CCCC(C)C1. The van der Waals surface area contributed by atoms with Gasteiger partial charge in [-0.3, -0.25) is 0 Å². The van der Waals surface area contributed by atoms with Crippen molar-refractivity contribution in [3.63, 3.8) is 0 Å². The minimum atomic E-state index is -3.09. The molecule has 1 aliphatic heterocycles. The molecule has 5 heteroatoms. The third kappa shape index (κ3) is 3.74. The smallest absolute Gasteiger partial charge is 0.159 e. The molecule has 1 saturated heterocycles. The average molecular weight is 303 g/mol. The summed E-state index contributed by atoms with van der Waals surface area (Å²) in [6, 6.07) is 0.0749. The third-order valence-electron chi connectivity index (χ3n) is 4.74. The van der Waals surface area contributed by atoms with Gasteiger partial charge in [0.05, 0.1) is 11.9 Å². The molecule has 0 radical (unpaired) electrons. The Morgan fingerprint density at radius 3 is 2.75 bits per heavy atom. The Morgan fingerprint density at radius 1 is 1.25 bits per heavy atom. The van der Waals surface area contributed by atoms with Crippen molar-refractivity contribution in [2.24, 2.45) is 5.92 Å². The molecule has 118 valence electrons. The Morgan fingerprint density at radius 2 is 2.05 bits per heavy atom. The molecule has 0 aromatic heterocycles. The van der Waals surface area contributed by atoms with Gasteiger partial charge in [0.15, 0.2) is 9.84 Å². The second-order valence-electron chi connectivity index (χ2n) is 6.45. The number of ether oxygens (including phenoxy) is 1. The zero-order valence-electron chi connectivity index (χ0n) is 12.8. The maximum atomic E-state index is 12.9. The molecule has 0 aromatic carbocycles. The third-order valence-corrected chi connectivity index (χ3v) is 7.40. The number of sulfone groups is 1. The number of rotatable bonds is 5. The molecule has 1 heterocycles. The van der Waals surface area contributed by atoms with Gasteiger partial charge in [-0.05, 0) is 38.1 Å². The van der Waals surface area contributed by atoms with E-state index in [-0.39, 0.29) is 16.5 Å². The molecular weight excluding hydrogens is 274 g/mol. The van der Waals surface area contributed by atoms with E-state index in [0.29, 0.717) is 19.1 Å². The molecule has 0 spiro atoms. The molecule has 1 aliphatic carbocycles. The fourth-order valence-electron chi connectivity index (χ4n) is 3.52. The quantitative estimate of drug-likeness (QED) is 0.845. The van der Waals surface area contributed by atoms with Crippen LogP contribution in [0.1, 0.15) is 52.4 Å². The Hall–Kier alpha value is -0.130. The summed E-state index contributed by atoms with van der Waals surface area (Å²) < 4.78 is 31.4. The Kier molecular flexibility index (Phi) is 5.87. The predicted octanol–water partition coefficient (Wildman–Crippen LogP) is 2.14. The van der Waals surface area contributed by atoms with E-state index in [1.54, 1.807) is 0 Å². The van der Waals surface area contributed by atoms with Crippen molar-refractivity contribution < 1.29 is 13.2 Å². The van der Waals surface area contributed by atoms with E-state index < -0.39 is 9.84 Å². The molecule has 4 nitrogen and oxygen atoms in total. The summed E-state index contributed by atoms with van der Waals surface area (Å²) >= 11 is 0. The van der Waals surface area contributed by atoms with Gasteiger partial charge < -0.3 is 10.1 Å². The van der Waals surface area contributed by atoms with Crippen LogP contribution in [0.2, 0.25) is 0 Å². The van der Waals surface area contributed by atoms with Crippen molar-refractivity contribution in [3.05, 3.63) is 0 Å².